The first-order valence-electron chi connectivity index (χ1n) is 5.36. The van der Waals surface area contributed by atoms with Gasteiger partial charge < -0.3 is 16.3 Å². The average molecular weight is 272 g/mol. The number of aryl methyl sites for hydroxylation is 1. The number of nitrogens with one attached hydrogen (secondary N) is 2. The molecule has 2 rings (SSSR count). The molecule has 8 nitrogen and oxygen atoms in total. The normalized spacial score (nSPS) is 12.8. The highest BCUT2D eigenvalue weighted by molar-refractivity contribution is 6.17. The van der Waals surface area contributed by atoms with E-state index in [2.05, 4.69) is 25.9 Å². The Morgan fingerprint density at radius 3 is 3.00 bits per heavy atom. The maximum atomic E-state index is 9.16. The summed E-state index contributed by atoms with van der Waals surface area (Å²) in [7, 11) is 0. The van der Waals surface area contributed by atoms with Gasteiger partial charge in [0.25, 0.3) is 0 Å². The number of nitrogens with two attached hydrogens (primary N) is 1. The van der Waals surface area contributed by atoms with Crippen LogP contribution in [0.4, 0.5) is 11.8 Å². The Labute approximate surface area is 108 Å². The predicted octanol–water partition coefficient (Wildman–Crippen LogP) is -0.0979. The summed E-state index contributed by atoms with van der Waals surface area (Å²) in [6, 6.07) is 0. The number of hydrazine groups is 1. The summed E-state index contributed by atoms with van der Waals surface area (Å²) < 4.78 is 1.65. The average Bonchev–Trinajstić information content (AvgIpc) is 2.70. The van der Waals surface area contributed by atoms with Crippen molar-refractivity contribution in [1.29, 1.82) is 0 Å². The molecule has 5 N–H and O–H groups in total. The van der Waals surface area contributed by atoms with Crippen LogP contribution in [-0.2, 0) is 6.54 Å². The van der Waals surface area contributed by atoms with Gasteiger partial charge in [-0.15, -0.1) is 11.6 Å². The molecule has 0 aliphatic heterocycles. The topological polar surface area (TPSA) is 114 Å². The SMILES string of the molecule is CC(O)NNc1nc(N)nc2c1cnn2CCCl. The number of hydrogen-bond donors (Lipinski definition) is 4. The zero-order valence-corrected chi connectivity index (χ0v) is 10.5. The number of halogens is 1. The quantitative estimate of drug-likeness (QED) is 0.341. The molecule has 9 heteroatoms. The van der Waals surface area contributed by atoms with Crippen LogP contribution in [0.15, 0.2) is 6.20 Å². The van der Waals surface area contributed by atoms with Gasteiger partial charge in [0.15, 0.2) is 11.5 Å². The molecule has 0 aliphatic rings. The molecule has 0 aromatic carbocycles. The summed E-state index contributed by atoms with van der Waals surface area (Å²) in [5.41, 5.74) is 11.6. The second-order valence-electron chi connectivity index (χ2n) is 3.67. The predicted molar refractivity (Wildman–Crippen MR) is 68.9 cm³/mol. The minimum Gasteiger partial charge on any atom is -0.377 e. The number of alkyl halides is 1. The monoisotopic (exact) mass is 271 g/mol. The number of fused-ring (bicyclic) bond motifs is 1. The summed E-state index contributed by atoms with van der Waals surface area (Å²) in [5.74, 6) is 1.00. The van der Waals surface area contributed by atoms with E-state index >= 15 is 0 Å². The highest BCUT2D eigenvalue weighted by Crippen LogP contribution is 2.20. The first-order chi connectivity index (χ1) is 8.61. The van der Waals surface area contributed by atoms with E-state index in [1.807, 2.05) is 0 Å². The number of hydrogen-bond acceptors (Lipinski definition) is 7. The van der Waals surface area contributed by atoms with E-state index in [-0.39, 0.29) is 5.95 Å². The number of nitrogens with zero attached hydrogens (tertiary/aromatic N) is 4. The molecule has 0 radical (unpaired) electrons. The van der Waals surface area contributed by atoms with Gasteiger partial charge in [0.1, 0.15) is 6.23 Å². The largest absolute Gasteiger partial charge is 0.377 e. The Balaban J connectivity index is 2.40. The molecular weight excluding hydrogens is 258 g/mol. The van der Waals surface area contributed by atoms with E-state index in [9.17, 15) is 0 Å². The first kappa shape index (κ1) is 12.8. The molecule has 0 saturated heterocycles. The number of aliphatic hydroxyl groups excluding tert-OH is 1. The summed E-state index contributed by atoms with van der Waals surface area (Å²) in [4.78, 5) is 8.16. The lowest BCUT2D eigenvalue weighted by atomic mass is 10.4. The van der Waals surface area contributed by atoms with Crippen LogP contribution in [0.1, 0.15) is 6.92 Å². The van der Waals surface area contributed by atoms with E-state index < -0.39 is 6.23 Å². The molecular formula is C9H14ClN7O. The third-order valence-electron chi connectivity index (χ3n) is 2.21. The fraction of sp³-hybridized carbons (Fsp3) is 0.444. The zero-order chi connectivity index (χ0) is 13.1. The summed E-state index contributed by atoms with van der Waals surface area (Å²) >= 11 is 5.68. The zero-order valence-electron chi connectivity index (χ0n) is 9.76. The van der Waals surface area contributed by atoms with Crippen molar-refractivity contribution in [3.8, 4) is 0 Å². The van der Waals surface area contributed by atoms with Crippen molar-refractivity contribution >= 4 is 34.4 Å². The molecule has 98 valence electrons. The van der Waals surface area contributed by atoms with E-state index in [0.29, 0.717) is 29.3 Å². The molecule has 1 atom stereocenters. The third kappa shape index (κ3) is 2.61. The lowest BCUT2D eigenvalue weighted by Gasteiger charge is -2.10. The van der Waals surface area contributed by atoms with Crippen LogP contribution in [0.2, 0.25) is 0 Å². The van der Waals surface area contributed by atoms with Crippen LogP contribution >= 0.6 is 11.6 Å². The fourth-order valence-electron chi connectivity index (χ4n) is 1.48. The first-order valence-corrected chi connectivity index (χ1v) is 5.90. The molecule has 0 amide bonds. The number of nitrogen functional groups attached to an aromatic ring is 1. The molecule has 0 spiro atoms. The van der Waals surface area contributed by atoms with Gasteiger partial charge in [-0.2, -0.15) is 15.1 Å². The Bertz CT molecular complexity index is 541. The van der Waals surface area contributed by atoms with Crippen molar-refractivity contribution in [2.45, 2.75) is 19.7 Å². The van der Waals surface area contributed by atoms with Gasteiger partial charge in [-0.05, 0) is 6.92 Å². The molecule has 2 heterocycles. The molecule has 2 aromatic heterocycles. The second kappa shape index (κ2) is 5.34. The summed E-state index contributed by atoms with van der Waals surface area (Å²) in [6.07, 6.45) is 0.891. The second-order valence-corrected chi connectivity index (χ2v) is 4.05. The van der Waals surface area contributed by atoms with E-state index in [1.54, 1.807) is 17.8 Å². The number of aliphatic hydroxyl groups is 1. The van der Waals surface area contributed by atoms with Crippen LogP contribution in [-0.4, -0.2) is 37.0 Å². The van der Waals surface area contributed by atoms with Gasteiger partial charge in [0.2, 0.25) is 5.95 Å². The molecule has 0 fully saturated rings. The van der Waals surface area contributed by atoms with Crippen molar-refractivity contribution in [3.05, 3.63) is 6.20 Å². The van der Waals surface area contributed by atoms with Crippen LogP contribution in [0.25, 0.3) is 11.0 Å². The molecule has 1 unspecified atom stereocenters. The van der Waals surface area contributed by atoms with Crippen molar-refractivity contribution in [1.82, 2.24) is 25.2 Å². The summed E-state index contributed by atoms with van der Waals surface area (Å²) in [5, 5.41) is 14.0. The molecule has 0 bridgehead atoms. The van der Waals surface area contributed by atoms with Crippen LogP contribution in [0.5, 0.6) is 0 Å². The van der Waals surface area contributed by atoms with Crippen LogP contribution in [0, 0.1) is 0 Å². The minimum absolute atomic E-state index is 0.119. The Kier molecular flexibility index (Phi) is 3.80. The van der Waals surface area contributed by atoms with Gasteiger partial charge >= 0.3 is 0 Å². The maximum Gasteiger partial charge on any atom is 0.224 e. The molecule has 0 saturated carbocycles. The van der Waals surface area contributed by atoms with Crippen LogP contribution in [0.3, 0.4) is 0 Å². The van der Waals surface area contributed by atoms with Crippen molar-refractivity contribution in [2.24, 2.45) is 0 Å². The maximum absolute atomic E-state index is 9.16. The van der Waals surface area contributed by atoms with E-state index in [1.165, 1.54) is 0 Å². The molecule has 18 heavy (non-hydrogen) atoms. The Morgan fingerprint density at radius 2 is 2.33 bits per heavy atom. The van der Waals surface area contributed by atoms with E-state index in [0.717, 1.165) is 0 Å². The van der Waals surface area contributed by atoms with Gasteiger partial charge in [-0.25, -0.2) is 10.1 Å². The molecule has 2 aromatic rings. The highest BCUT2D eigenvalue weighted by atomic mass is 35.5. The van der Waals surface area contributed by atoms with Crippen molar-refractivity contribution in [3.63, 3.8) is 0 Å². The van der Waals surface area contributed by atoms with Crippen LogP contribution < -0.4 is 16.6 Å². The smallest absolute Gasteiger partial charge is 0.224 e. The van der Waals surface area contributed by atoms with Gasteiger partial charge in [0.05, 0.1) is 18.1 Å². The Morgan fingerprint density at radius 1 is 1.56 bits per heavy atom. The van der Waals surface area contributed by atoms with Gasteiger partial charge in [-0.3, -0.25) is 0 Å². The van der Waals surface area contributed by atoms with Crippen molar-refractivity contribution in [2.75, 3.05) is 17.0 Å². The lowest BCUT2D eigenvalue weighted by molar-refractivity contribution is 0.166. The van der Waals surface area contributed by atoms with E-state index in [4.69, 9.17) is 22.4 Å². The highest BCUT2D eigenvalue weighted by Gasteiger charge is 2.11. The molecule has 0 aliphatic carbocycles. The minimum atomic E-state index is -0.728. The fourth-order valence-corrected chi connectivity index (χ4v) is 1.64. The third-order valence-corrected chi connectivity index (χ3v) is 2.38. The number of anilines is 2. The number of rotatable bonds is 5. The Hall–Kier alpha value is -1.64. The van der Waals surface area contributed by atoms with Gasteiger partial charge in [0, 0.05) is 5.88 Å². The number of aromatic nitrogens is 4. The van der Waals surface area contributed by atoms with Crippen molar-refractivity contribution < 1.29 is 5.11 Å². The lowest BCUT2D eigenvalue weighted by Crippen LogP contribution is -2.31. The standard InChI is InChI=1S/C9H14ClN7O/c1-5(18)15-16-7-6-4-12-17(3-2-10)8(6)14-9(11)13-7/h4-5,15,18H,2-3H2,1H3,(H3,11,13,14,16). The summed E-state index contributed by atoms with van der Waals surface area (Å²) in [6.45, 7) is 2.11. The van der Waals surface area contributed by atoms with Gasteiger partial charge in [-0.1, -0.05) is 0 Å².